The van der Waals surface area contributed by atoms with Crippen molar-refractivity contribution < 1.29 is 23.4 Å². The molecule has 0 bridgehead atoms. The average Bonchev–Trinajstić information content (AvgIpc) is 3.38. The third-order valence-electron chi connectivity index (χ3n) is 6.56. The van der Waals surface area contributed by atoms with E-state index in [2.05, 4.69) is 20.5 Å². The monoisotopic (exact) mass is 559 g/mol. The van der Waals surface area contributed by atoms with Gasteiger partial charge < -0.3 is 19.7 Å². The number of pyridine rings is 2. The molecule has 0 aliphatic rings. The van der Waals surface area contributed by atoms with Gasteiger partial charge >= 0.3 is 0 Å². The number of halogens is 2. The molecule has 0 radical (unpaired) electrons. The molecule has 3 heterocycles. The minimum atomic E-state index is -0.701. The number of rotatable bonds is 10. The molecular formula is C30H27F2N5O4. The van der Waals surface area contributed by atoms with E-state index in [4.69, 9.17) is 4.74 Å². The number of nitrogens with one attached hydrogen (secondary N) is 2. The number of anilines is 1. The van der Waals surface area contributed by atoms with E-state index in [1.165, 1.54) is 48.8 Å². The predicted octanol–water partition coefficient (Wildman–Crippen LogP) is 5.10. The van der Waals surface area contributed by atoms with E-state index < -0.39 is 22.8 Å². The first-order valence-corrected chi connectivity index (χ1v) is 13.0. The number of benzene rings is 2. The van der Waals surface area contributed by atoms with Crippen LogP contribution in [0.4, 0.5) is 14.6 Å². The van der Waals surface area contributed by atoms with E-state index in [1.54, 1.807) is 29.8 Å². The standard InChI is InChI=1S/C30H27F2N5O4/c1-3-37-14-21(19-5-7-20(31)8-6-19)28(40)22(15-37)24(39)13-18-4-9-25(23(32)12-18)41-26-10-11-33-29-27(26)30(36-35-29)34-17(2)16-38/h4-12,14-15,17,38H,3,13,16H2,1-2H3,(H2,33,34,35,36)/t17-/m1/s1. The molecule has 0 aliphatic heterocycles. The molecule has 0 saturated carbocycles. The number of nitrogens with zero attached hydrogens (tertiary/aromatic N) is 3. The van der Waals surface area contributed by atoms with Crippen LogP contribution in [0.25, 0.3) is 22.2 Å². The number of aliphatic hydroxyl groups is 1. The maximum absolute atomic E-state index is 15.2. The highest BCUT2D eigenvalue weighted by atomic mass is 19.1. The van der Waals surface area contributed by atoms with Crippen molar-refractivity contribution in [2.75, 3.05) is 11.9 Å². The summed E-state index contributed by atoms with van der Waals surface area (Å²) < 4.78 is 36.2. The number of aliphatic hydroxyl groups excluding tert-OH is 1. The summed E-state index contributed by atoms with van der Waals surface area (Å²) in [7, 11) is 0. The summed E-state index contributed by atoms with van der Waals surface area (Å²) in [5.74, 6) is -1.00. The lowest BCUT2D eigenvalue weighted by Crippen LogP contribution is -2.21. The van der Waals surface area contributed by atoms with E-state index in [0.29, 0.717) is 34.5 Å². The third-order valence-corrected chi connectivity index (χ3v) is 6.56. The number of carbonyl (C=O) groups excluding carboxylic acids is 1. The molecule has 11 heteroatoms. The van der Waals surface area contributed by atoms with Crippen LogP contribution in [0.15, 0.2) is 71.9 Å². The van der Waals surface area contributed by atoms with E-state index >= 15 is 4.39 Å². The van der Waals surface area contributed by atoms with Gasteiger partial charge in [0.15, 0.2) is 34.2 Å². The number of hydrogen-bond acceptors (Lipinski definition) is 7. The van der Waals surface area contributed by atoms with Crippen molar-refractivity contribution in [1.29, 1.82) is 0 Å². The summed E-state index contributed by atoms with van der Waals surface area (Å²) in [4.78, 5) is 30.7. The Morgan fingerprint density at radius 2 is 1.90 bits per heavy atom. The van der Waals surface area contributed by atoms with Crippen molar-refractivity contribution >= 4 is 22.6 Å². The first-order chi connectivity index (χ1) is 19.8. The molecule has 0 aliphatic carbocycles. The number of aromatic nitrogens is 4. The minimum Gasteiger partial charge on any atom is -0.453 e. The topological polar surface area (TPSA) is 122 Å². The number of carbonyl (C=O) groups is 1. The number of aryl methyl sites for hydroxylation is 1. The SMILES string of the molecule is CCn1cc(C(=O)Cc2ccc(Oc3ccnc4[nH]nc(N[C@H](C)CO)c34)c(F)c2)c(=O)c(-c2ccc(F)cc2)c1. The van der Waals surface area contributed by atoms with Crippen molar-refractivity contribution in [3.63, 3.8) is 0 Å². The van der Waals surface area contributed by atoms with Gasteiger partial charge in [-0.15, -0.1) is 0 Å². The Hall–Kier alpha value is -4.90. The van der Waals surface area contributed by atoms with Gasteiger partial charge in [0, 0.05) is 49.2 Å². The van der Waals surface area contributed by atoms with Crippen molar-refractivity contribution in [2.24, 2.45) is 0 Å². The molecular weight excluding hydrogens is 532 g/mol. The second kappa shape index (κ2) is 11.7. The largest absolute Gasteiger partial charge is 0.453 e. The minimum absolute atomic E-state index is 0.0364. The Morgan fingerprint density at radius 3 is 2.61 bits per heavy atom. The highest BCUT2D eigenvalue weighted by molar-refractivity contribution is 5.98. The molecule has 3 aromatic heterocycles. The number of hydrogen-bond donors (Lipinski definition) is 3. The highest BCUT2D eigenvalue weighted by Crippen LogP contribution is 2.34. The zero-order valence-corrected chi connectivity index (χ0v) is 22.3. The van der Waals surface area contributed by atoms with Crippen LogP contribution in [0.2, 0.25) is 0 Å². The molecule has 2 aromatic carbocycles. The fourth-order valence-corrected chi connectivity index (χ4v) is 4.37. The van der Waals surface area contributed by atoms with Crippen molar-refractivity contribution in [1.82, 2.24) is 19.7 Å². The molecule has 0 fully saturated rings. The maximum Gasteiger partial charge on any atom is 0.200 e. The zero-order chi connectivity index (χ0) is 29.1. The molecule has 41 heavy (non-hydrogen) atoms. The van der Waals surface area contributed by atoms with Crippen molar-refractivity contribution in [3.8, 4) is 22.6 Å². The summed E-state index contributed by atoms with van der Waals surface area (Å²) in [6, 6.07) is 10.9. The second-order valence-electron chi connectivity index (χ2n) is 9.55. The van der Waals surface area contributed by atoms with E-state index in [9.17, 15) is 19.1 Å². The average molecular weight is 560 g/mol. The Kier molecular flexibility index (Phi) is 7.88. The lowest BCUT2D eigenvalue weighted by Gasteiger charge is -2.13. The number of Topliss-reactive ketones (excluding diaryl/α,β-unsaturated/α-hetero) is 1. The number of H-pyrrole nitrogens is 1. The van der Waals surface area contributed by atoms with Crippen LogP contribution in [-0.4, -0.2) is 43.3 Å². The molecule has 1 atom stereocenters. The van der Waals surface area contributed by atoms with E-state index in [-0.39, 0.29) is 41.7 Å². The second-order valence-corrected chi connectivity index (χ2v) is 9.55. The quantitative estimate of drug-likeness (QED) is 0.204. The molecule has 5 rings (SSSR count). The Bertz CT molecular complexity index is 1780. The van der Waals surface area contributed by atoms with Crippen LogP contribution in [0.5, 0.6) is 11.5 Å². The molecule has 0 spiro atoms. The Labute approximate surface area is 233 Å². The highest BCUT2D eigenvalue weighted by Gasteiger charge is 2.19. The summed E-state index contributed by atoms with van der Waals surface area (Å²) in [5, 5.41) is 19.8. The van der Waals surface area contributed by atoms with Gasteiger partial charge in [-0.2, -0.15) is 5.10 Å². The number of aromatic amines is 1. The van der Waals surface area contributed by atoms with Gasteiger partial charge in [-0.1, -0.05) is 18.2 Å². The van der Waals surface area contributed by atoms with E-state index in [1.807, 2.05) is 6.92 Å². The first-order valence-electron chi connectivity index (χ1n) is 13.0. The molecule has 0 amide bonds. The zero-order valence-electron chi connectivity index (χ0n) is 22.3. The Morgan fingerprint density at radius 1 is 1.12 bits per heavy atom. The summed E-state index contributed by atoms with van der Waals surface area (Å²) in [6.45, 7) is 4.02. The molecule has 0 unspecified atom stereocenters. The first kappa shape index (κ1) is 27.7. The van der Waals surface area contributed by atoms with Crippen LogP contribution in [0.1, 0.15) is 29.8 Å². The molecule has 9 nitrogen and oxygen atoms in total. The van der Waals surface area contributed by atoms with Gasteiger partial charge in [-0.25, -0.2) is 13.8 Å². The van der Waals surface area contributed by atoms with Crippen LogP contribution >= 0.6 is 0 Å². The molecule has 0 saturated heterocycles. The van der Waals surface area contributed by atoms with Crippen LogP contribution in [-0.2, 0) is 13.0 Å². The number of ether oxygens (including phenoxy) is 1. The predicted molar refractivity (Wildman–Crippen MR) is 150 cm³/mol. The van der Waals surface area contributed by atoms with Crippen molar-refractivity contribution in [3.05, 3.63) is 100 Å². The summed E-state index contributed by atoms with van der Waals surface area (Å²) in [5.41, 5.74) is 1.03. The fraction of sp³-hybridized carbons (Fsp3) is 0.200. The van der Waals surface area contributed by atoms with Gasteiger partial charge in [-0.05, 0) is 49.2 Å². The van der Waals surface area contributed by atoms with Gasteiger partial charge in [0.05, 0.1) is 12.2 Å². The van der Waals surface area contributed by atoms with Crippen molar-refractivity contribution in [2.45, 2.75) is 32.9 Å². The molecule has 3 N–H and O–H groups in total. The molecule has 210 valence electrons. The maximum atomic E-state index is 15.2. The summed E-state index contributed by atoms with van der Waals surface area (Å²) >= 11 is 0. The normalized spacial score (nSPS) is 11.9. The van der Waals surface area contributed by atoms with Gasteiger partial charge in [-0.3, -0.25) is 14.7 Å². The Balaban J connectivity index is 1.40. The lowest BCUT2D eigenvalue weighted by atomic mass is 9.99. The molecule has 5 aromatic rings. The summed E-state index contributed by atoms with van der Waals surface area (Å²) in [6.07, 6.45) is 4.38. The smallest absolute Gasteiger partial charge is 0.200 e. The van der Waals surface area contributed by atoms with Crippen LogP contribution < -0.4 is 15.5 Å². The third kappa shape index (κ3) is 5.85. The number of ketones is 1. The van der Waals surface area contributed by atoms with Crippen LogP contribution in [0.3, 0.4) is 0 Å². The van der Waals surface area contributed by atoms with Crippen LogP contribution in [0, 0.1) is 11.6 Å². The number of fused-ring (bicyclic) bond motifs is 1. The fourth-order valence-electron chi connectivity index (χ4n) is 4.37. The van der Waals surface area contributed by atoms with Gasteiger partial charge in [0.25, 0.3) is 0 Å². The van der Waals surface area contributed by atoms with Gasteiger partial charge in [0.1, 0.15) is 17.0 Å². The van der Waals surface area contributed by atoms with Gasteiger partial charge in [0.2, 0.25) is 0 Å². The van der Waals surface area contributed by atoms with E-state index in [0.717, 1.165) is 0 Å². The lowest BCUT2D eigenvalue weighted by molar-refractivity contribution is 0.0991.